The quantitative estimate of drug-likeness (QED) is 0.798. The van der Waals surface area contributed by atoms with E-state index >= 15 is 0 Å². The molecule has 0 radical (unpaired) electrons. The van der Waals surface area contributed by atoms with Gasteiger partial charge in [0.2, 0.25) is 0 Å². The number of hydrogen-bond donors (Lipinski definition) is 1. The van der Waals surface area contributed by atoms with Gasteiger partial charge in [-0.25, -0.2) is 4.79 Å². The van der Waals surface area contributed by atoms with Crippen molar-refractivity contribution in [3.05, 3.63) is 29.8 Å². The number of carboxylic acids is 1. The monoisotopic (exact) mass is 291 g/mol. The number of rotatable bonds is 8. The van der Waals surface area contributed by atoms with Crippen molar-refractivity contribution in [3.8, 4) is 5.75 Å². The smallest absolute Gasteiger partial charge is 0.339 e. The van der Waals surface area contributed by atoms with Crippen molar-refractivity contribution in [1.82, 2.24) is 4.90 Å². The van der Waals surface area contributed by atoms with Crippen LogP contribution in [0.3, 0.4) is 0 Å². The summed E-state index contributed by atoms with van der Waals surface area (Å²) in [6.07, 6.45) is 3.29. The molecule has 1 aliphatic rings. The van der Waals surface area contributed by atoms with E-state index in [4.69, 9.17) is 9.84 Å². The maximum absolute atomic E-state index is 12.2. The van der Waals surface area contributed by atoms with E-state index in [-0.39, 0.29) is 23.8 Å². The highest BCUT2D eigenvalue weighted by molar-refractivity contribution is 5.91. The van der Waals surface area contributed by atoms with E-state index in [9.17, 15) is 9.59 Å². The lowest BCUT2D eigenvalue weighted by molar-refractivity contribution is -0.133. The van der Waals surface area contributed by atoms with Gasteiger partial charge in [-0.1, -0.05) is 19.1 Å². The maximum atomic E-state index is 12.2. The number of hydrogen-bond acceptors (Lipinski definition) is 3. The van der Waals surface area contributed by atoms with Crippen molar-refractivity contribution in [2.45, 2.75) is 26.2 Å². The van der Waals surface area contributed by atoms with Crippen LogP contribution in [0.2, 0.25) is 0 Å². The Kier molecular flexibility index (Phi) is 5.20. The van der Waals surface area contributed by atoms with E-state index in [0.717, 1.165) is 19.5 Å². The lowest BCUT2D eigenvalue weighted by Crippen LogP contribution is -2.37. The summed E-state index contributed by atoms with van der Waals surface area (Å²) in [6.45, 7) is 3.43. The fraction of sp³-hybridized carbons (Fsp3) is 0.500. The van der Waals surface area contributed by atoms with E-state index in [1.165, 1.54) is 18.9 Å². The molecule has 1 N–H and O–H groups in total. The Morgan fingerprint density at radius 3 is 2.67 bits per heavy atom. The van der Waals surface area contributed by atoms with Crippen LogP contribution in [0.15, 0.2) is 24.3 Å². The number of carbonyl (C=O) groups is 2. The van der Waals surface area contributed by atoms with Crippen molar-refractivity contribution in [3.63, 3.8) is 0 Å². The minimum Gasteiger partial charge on any atom is -0.483 e. The fourth-order valence-corrected chi connectivity index (χ4v) is 2.20. The lowest BCUT2D eigenvalue weighted by atomic mass is 10.2. The summed E-state index contributed by atoms with van der Waals surface area (Å²) >= 11 is 0. The maximum Gasteiger partial charge on any atom is 0.339 e. The first-order valence-electron chi connectivity index (χ1n) is 7.34. The molecule has 21 heavy (non-hydrogen) atoms. The van der Waals surface area contributed by atoms with Gasteiger partial charge in [0.15, 0.2) is 6.61 Å². The molecule has 5 nitrogen and oxygen atoms in total. The van der Waals surface area contributed by atoms with Crippen LogP contribution in [-0.2, 0) is 4.79 Å². The van der Waals surface area contributed by atoms with Gasteiger partial charge in [0.25, 0.3) is 5.91 Å². The number of amides is 1. The van der Waals surface area contributed by atoms with E-state index in [1.807, 2.05) is 11.8 Å². The summed E-state index contributed by atoms with van der Waals surface area (Å²) in [4.78, 5) is 25.1. The molecule has 0 spiro atoms. The number of aromatic carboxylic acids is 1. The molecule has 1 fully saturated rings. The Morgan fingerprint density at radius 2 is 2.05 bits per heavy atom. The van der Waals surface area contributed by atoms with E-state index in [2.05, 4.69) is 0 Å². The molecule has 0 aliphatic heterocycles. The summed E-state index contributed by atoms with van der Waals surface area (Å²) in [7, 11) is 0. The molecule has 1 aromatic rings. The number of ether oxygens (including phenoxy) is 1. The Morgan fingerprint density at radius 1 is 1.33 bits per heavy atom. The SMILES string of the molecule is CCCN(CC1CC1)C(=O)COc1ccccc1C(=O)O. The molecule has 1 saturated carbocycles. The van der Waals surface area contributed by atoms with Gasteiger partial charge in [-0.2, -0.15) is 0 Å². The molecule has 0 aromatic heterocycles. The predicted molar refractivity (Wildman–Crippen MR) is 78.5 cm³/mol. The molecule has 1 aromatic carbocycles. The van der Waals surface area contributed by atoms with Gasteiger partial charge < -0.3 is 14.7 Å². The highest BCUT2D eigenvalue weighted by Gasteiger charge is 2.26. The minimum absolute atomic E-state index is 0.0783. The van der Waals surface area contributed by atoms with Crippen molar-refractivity contribution in [1.29, 1.82) is 0 Å². The number of carbonyl (C=O) groups excluding carboxylic acids is 1. The van der Waals surface area contributed by atoms with Crippen LogP contribution in [0.25, 0.3) is 0 Å². The fourth-order valence-electron chi connectivity index (χ4n) is 2.20. The molecule has 0 bridgehead atoms. The van der Waals surface area contributed by atoms with Crippen molar-refractivity contribution in [2.75, 3.05) is 19.7 Å². The van der Waals surface area contributed by atoms with Gasteiger partial charge in [0.05, 0.1) is 0 Å². The van der Waals surface area contributed by atoms with Crippen LogP contribution in [0.5, 0.6) is 5.75 Å². The zero-order valence-electron chi connectivity index (χ0n) is 12.2. The molecule has 1 aliphatic carbocycles. The lowest BCUT2D eigenvalue weighted by Gasteiger charge is -2.22. The molecule has 1 amide bonds. The molecule has 0 heterocycles. The molecule has 0 saturated heterocycles. The normalized spacial score (nSPS) is 13.8. The molecule has 0 atom stereocenters. The Hall–Kier alpha value is -2.04. The number of para-hydroxylation sites is 1. The van der Waals surface area contributed by atoms with Crippen LogP contribution >= 0.6 is 0 Å². The van der Waals surface area contributed by atoms with Gasteiger partial charge in [-0.15, -0.1) is 0 Å². The van der Waals surface area contributed by atoms with Crippen molar-refractivity contribution in [2.24, 2.45) is 5.92 Å². The first-order valence-corrected chi connectivity index (χ1v) is 7.34. The van der Waals surface area contributed by atoms with Gasteiger partial charge in [-0.3, -0.25) is 4.79 Å². The summed E-state index contributed by atoms with van der Waals surface area (Å²) < 4.78 is 5.42. The first kappa shape index (κ1) is 15.4. The standard InChI is InChI=1S/C16H21NO4/c1-2-9-17(10-12-7-8-12)15(18)11-21-14-6-4-3-5-13(14)16(19)20/h3-6,12H,2,7-11H2,1H3,(H,19,20). The predicted octanol–water partition coefficient (Wildman–Crippen LogP) is 2.41. The summed E-state index contributed by atoms with van der Waals surface area (Å²) in [5.74, 6) is -0.265. The second-order valence-corrected chi connectivity index (χ2v) is 5.37. The summed E-state index contributed by atoms with van der Waals surface area (Å²) in [5.41, 5.74) is 0.0783. The highest BCUT2D eigenvalue weighted by Crippen LogP contribution is 2.29. The van der Waals surface area contributed by atoms with E-state index in [0.29, 0.717) is 5.92 Å². The molecule has 0 unspecified atom stereocenters. The van der Waals surface area contributed by atoms with Crippen LogP contribution in [0, 0.1) is 5.92 Å². The summed E-state index contributed by atoms with van der Waals surface area (Å²) in [6, 6.07) is 6.37. The third-order valence-corrected chi connectivity index (χ3v) is 3.49. The molecular formula is C16H21NO4. The molecular weight excluding hydrogens is 270 g/mol. The Bertz CT molecular complexity index is 511. The molecule has 5 heteroatoms. The topological polar surface area (TPSA) is 66.8 Å². The van der Waals surface area contributed by atoms with E-state index in [1.54, 1.807) is 18.2 Å². The average Bonchev–Trinajstić information content (AvgIpc) is 3.28. The first-order chi connectivity index (χ1) is 10.1. The number of carboxylic acid groups (broad SMARTS) is 1. The van der Waals surface area contributed by atoms with Gasteiger partial charge in [0.1, 0.15) is 11.3 Å². The van der Waals surface area contributed by atoms with E-state index < -0.39 is 5.97 Å². The van der Waals surface area contributed by atoms with Gasteiger partial charge >= 0.3 is 5.97 Å². The van der Waals surface area contributed by atoms with Crippen molar-refractivity contribution >= 4 is 11.9 Å². The zero-order valence-corrected chi connectivity index (χ0v) is 12.2. The molecule has 114 valence electrons. The van der Waals surface area contributed by atoms with Gasteiger partial charge in [-0.05, 0) is 37.3 Å². The van der Waals surface area contributed by atoms with Crippen LogP contribution in [0.1, 0.15) is 36.5 Å². The Balaban J connectivity index is 1.94. The minimum atomic E-state index is -1.05. The average molecular weight is 291 g/mol. The number of benzene rings is 1. The summed E-state index contributed by atoms with van der Waals surface area (Å²) in [5, 5.41) is 9.08. The second-order valence-electron chi connectivity index (χ2n) is 5.37. The van der Waals surface area contributed by atoms with Crippen LogP contribution in [0.4, 0.5) is 0 Å². The Labute approximate surface area is 124 Å². The molecule has 2 rings (SSSR count). The van der Waals surface area contributed by atoms with Crippen LogP contribution in [-0.4, -0.2) is 41.6 Å². The largest absolute Gasteiger partial charge is 0.483 e. The third kappa shape index (κ3) is 4.48. The zero-order chi connectivity index (χ0) is 15.2. The van der Waals surface area contributed by atoms with Gasteiger partial charge in [0, 0.05) is 13.1 Å². The second kappa shape index (κ2) is 7.11. The third-order valence-electron chi connectivity index (χ3n) is 3.49. The highest BCUT2D eigenvalue weighted by atomic mass is 16.5. The number of nitrogens with zero attached hydrogens (tertiary/aromatic N) is 1. The van der Waals surface area contributed by atoms with Crippen molar-refractivity contribution < 1.29 is 19.4 Å². The van der Waals surface area contributed by atoms with Crippen LogP contribution < -0.4 is 4.74 Å².